The standard InChI is InChI=1S/C22H25N3O4/c1-4-11-25(14-15-12-21(26)23-18-8-6-5-7-17(15)18)22(27)24-19-10-9-16(28-2)13-20(19)29-3/h5-10,12-13H,4,11,14H2,1-3H3,(H,23,26)(H,24,27). The van der Waals surface area contributed by atoms with Crippen molar-refractivity contribution in [1.29, 1.82) is 0 Å². The summed E-state index contributed by atoms with van der Waals surface area (Å²) in [7, 11) is 3.11. The molecule has 7 heteroatoms. The Morgan fingerprint density at radius 3 is 2.62 bits per heavy atom. The van der Waals surface area contributed by atoms with Crippen molar-refractivity contribution in [2.75, 3.05) is 26.1 Å². The Morgan fingerprint density at radius 2 is 1.90 bits per heavy atom. The van der Waals surface area contributed by atoms with Crippen LogP contribution in [0.4, 0.5) is 10.5 Å². The number of nitrogens with zero attached hydrogens (tertiary/aromatic N) is 1. The molecule has 0 radical (unpaired) electrons. The molecule has 3 rings (SSSR count). The second kappa shape index (κ2) is 9.14. The second-order valence-electron chi connectivity index (χ2n) is 6.62. The van der Waals surface area contributed by atoms with Gasteiger partial charge in [-0.15, -0.1) is 0 Å². The zero-order valence-corrected chi connectivity index (χ0v) is 16.8. The summed E-state index contributed by atoms with van der Waals surface area (Å²) in [6.07, 6.45) is 0.786. The van der Waals surface area contributed by atoms with Crippen LogP contribution in [0.5, 0.6) is 11.5 Å². The quantitative estimate of drug-likeness (QED) is 0.634. The Balaban J connectivity index is 1.87. The lowest BCUT2D eigenvalue weighted by atomic mass is 10.1. The highest BCUT2D eigenvalue weighted by molar-refractivity contribution is 5.91. The predicted octanol–water partition coefficient (Wildman–Crippen LogP) is 3.99. The average Bonchev–Trinajstić information content (AvgIpc) is 2.73. The summed E-state index contributed by atoms with van der Waals surface area (Å²) in [4.78, 5) is 29.6. The molecule has 3 aromatic rings. The highest BCUT2D eigenvalue weighted by atomic mass is 16.5. The number of H-pyrrole nitrogens is 1. The van der Waals surface area contributed by atoms with Gasteiger partial charge in [0.25, 0.3) is 0 Å². The molecular weight excluding hydrogens is 370 g/mol. The number of amides is 2. The Bertz CT molecular complexity index is 1060. The Morgan fingerprint density at radius 1 is 1.10 bits per heavy atom. The number of aromatic nitrogens is 1. The topological polar surface area (TPSA) is 83.7 Å². The number of para-hydroxylation sites is 1. The van der Waals surface area contributed by atoms with Crippen LogP contribution in [-0.4, -0.2) is 36.7 Å². The van der Waals surface area contributed by atoms with E-state index in [2.05, 4.69) is 10.3 Å². The van der Waals surface area contributed by atoms with Gasteiger partial charge in [-0.2, -0.15) is 0 Å². The lowest BCUT2D eigenvalue weighted by Crippen LogP contribution is -2.35. The molecule has 1 heterocycles. The number of nitrogens with one attached hydrogen (secondary N) is 2. The van der Waals surface area contributed by atoms with Gasteiger partial charge in [0.2, 0.25) is 5.56 Å². The summed E-state index contributed by atoms with van der Waals surface area (Å²) in [5.74, 6) is 1.15. The Hall–Kier alpha value is -3.48. The van der Waals surface area contributed by atoms with Crippen LogP contribution in [-0.2, 0) is 6.54 Å². The molecule has 0 aliphatic carbocycles. The van der Waals surface area contributed by atoms with E-state index < -0.39 is 0 Å². The Kier molecular flexibility index (Phi) is 6.39. The van der Waals surface area contributed by atoms with E-state index in [1.54, 1.807) is 36.3 Å². The van der Waals surface area contributed by atoms with Crippen LogP contribution in [0, 0.1) is 0 Å². The smallest absolute Gasteiger partial charge is 0.322 e. The fourth-order valence-electron chi connectivity index (χ4n) is 3.23. The number of urea groups is 1. The van der Waals surface area contributed by atoms with Gasteiger partial charge >= 0.3 is 6.03 Å². The molecule has 152 valence electrons. The first-order valence-corrected chi connectivity index (χ1v) is 9.44. The molecule has 1 aromatic heterocycles. The number of methoxy groups -OCH3 is 2. The number of hydrogen-bond donors (Lipinski definition) is 2. The van der Waals surface area contributed by atoms with Gasteiger partial charge in [-0.25, -0.2) is 4.79 Å². The van der Waals surface area contributed by atoms with Gasteiger partial charge in [0.1, 0.15) is 11.5 Å². The van der Waals surface area contributed by atoms with E-state index in [0.29, 0.717) is 30.3 Å². The van der Waals surface area contributed by atoms with Crippen molar-refractivity contribution in [3.63, 3.8) is 0 Å². The lowest BCUT2D eigenvalue weighted by molar-refractivity contribution is 0.209. The maximum Gasteiger partial charge on any atom is 0.322 e. The van der Waals surface area contributed by atoms with E-state index in [1.165, 1.54) is 7.11 Å². The average molecular weight is 395 g/mol. The number of carbonyl (C=O) groups is 1. The maximum atomic E-state index is 13.0. The van der Waals surface area contributed by atoms with E-state index in [1.807, 2.05) is 31.2 Å². The highest BCUT2D eigenvalue weighted by Crippen LogP contribution is 2.29. The molecule has 0 saturated heterocycles. The zero-order valence-electron chi connectivity index (χ0n) is 16.8. The van der Waals surface area contributed by atoms with E-state index in [0.717, 1.165) is 22.9 Å². The molecule has 0 aliphatic heterocycles. The summed E-state index contributed by atoms with van der Waals surface area (Å²) < 4.78 is 10.6. The molecule has 0 spiro atoms. The van der Waals surface area contributed by atoms with Crippen molar-refractivity contribution in [2.24, 2.45) is 0 Å². The fraction of sp³-hybridized carbons (Fsp3) is 0.273. The van der Waals surface area contributed by atoms with Crippen LogP contribution < -0.4 is 20.3 Å². The molecule has 0 fully saturated rings. The third-order valence-electron chi connectivity index (χ3n) is 4.63. The van der Waals surface area contributed by atoms with Gasteiger partial charge in [0.05, 0.1) is 19.9 Å². The largest absolute Gasteiger partial charge is 0.497 e. The molecule has 0 unspecified atom stereocenters. The van der Waals surface area contributed by atoms with Gasteiger partial charge in [-0.05, 0) is 30.2 Å². The molecule has 2 N–H and O–H groups in total. The molecule has 0 saturated carbocycles. The van der Waals surface area contributed by atoms with Crippen molar-refractivity contribution in [2.45, 2.75) is 19.9 Å². The SMILES string of the molecule is CCCN(Cc1cc(=O)[nH]c2ccccc12)C(=O)Nc1ccc(OC)cc1OC. The van der Waals surface area contributed by atoms with Gasteiger partial charge in [0.15, 0.2) is 0 Å². The zero-order chi connectivity index (χ0) is 20.8. The summed E-state index contributed by atoms with van der Waals surface area (Å²) in [5.41, 5.74) is 1.92. The highest BCUT2D eigenvalue weighted by Gasteiger charge is 2.17. The normalized spacial score (nSPS) is 10.6. The molecule has 0 atom stereocenters. The summed E-state index contributed by atoms with van der Waals surface area (Å²) >= 11 is 0. The van der Waals surface area contributed by atoms with Crippen LogP contribution in [0.25, 0.3) is 10.9 Å². The molecule has 2 amide bonds. The van der Waals surface area contributed by atoms with E-state index in [4.69, 9.17) is 9.47 Å². The molecule has 2 aromatic carbocycles. The third kappa shape index (κ3) is 4.68. The predicted molar refractivity (Wildman–Crippen MR) is 114 cm³/mol. The number of pyridine rings is 1. The molecule has 0 bridgehead atoms. The molecule has 0 aliphatic rings. The van der Waals surface area contributed by atoms with Crippen LogP contribution in [0.3, 0.4) is 0 Å². The van der Waals surface area contributed by atoms with Gasteiger partial charge in [-0.1, -0.05) is 25.1 Å². The monoisotopic (exact) mass is 395 g/mol. The summed E-state index contributed by atoms with van der Waals surface area (Å²) in [6.45, 7) is 2.87. The number of fused-ring (bicyclic) bond motifs is 1. The lowest BCUT2D eigenvalue weighted by Gasteiger charge is -2.24. The van der Waals surface area contributed by atoms with Crippen molar-refractivity contribution in [3.05, 3.63) is 64.4 Å². The van der Waals surface area contributed by atoms with E-state index in [-0.39, 0.29) is 11.6 Å². The second-order valence-corrected chi connectivity index (χ2v) is 6.62. The van der Waals surface area contributed by atoms with Crippen molar-refractivity contribution < 1.29 is 14.3 Å². The minimum atomic E-state index is -0.264. The van der Waals surface area contributed by atoms with Gasteiger partial charge < -0.3 is 24.7 Å². The van der Waals surface area contributed by atoms with Crippen LogP contribution in [0.1, 0.15) is 18.9 Å². The third-order valence-corrected chi connectivity index (χ3v) is 4.63. The van der Waals surface area contributed by atoms with Crippen LogP contribution in [0.15, 0.2) is 53.3 Å². The minimum Gasteiger partial charge on any atom is -0.497 e. The molecule has 7 nitrogen and oxygen atoms in total. The molecular formula is C22H25N3O4. The first kappa shape index (κ1) is 20.3. The number of rotatable bonds is 7. The van der Waals surface area contributed by atoms with Crippen LogP contribution >= 0.6 is 0 Å². The van der Waals surface area contributed by atoms with Crippen molar-refractivity contribution in [3.8, 4) is 11.5 Å². The maximum absolute atomic E-state index is 13.0. The number of aromatic amines is 1. The summed E-state index contributed by atoms with van der Waals surface area (Å²) in [6, 6.07) is 14.1. The van der Waals surface area contributed by atoms with Gasteiger partial charge in [0, 0.05) is 36.1 Å². The molecule has 29 heavy (non-hydrogen) atoms. The number of ether oxygens (including phenoxy) is 2. The van der Waals surface area contributed by atoms with E-state index in [9.17, 15) is 9.59 Å². The number of anilines is 1. The first-order valence-electron chi connectivity index (χ1n) is 9.44. The number of benzene rings is 2. The van der Waals surface area contributed by atoms with Crippen molar-refractivity contribution >= 4 is 22.6 Å². The van der Waals surface area contributed by atoms with Gasteiger partial charge in [-0.3, -0.25) is 4.79 Å². The Labute approximate surface area is 169 Å². The van der Waals surface area contributed by atoms with E-state index >= 15 is 0 Å². The summed E-state index contributed by atoms with van der Waals surface area (Å²) in [5, 5.41) is 3.82. The number of carbonyl (C=O) groups excluding carboxylic acids is 1. The van der Waals surface area contributed by atoms with Crippen LogP contribution in [0.2, 0.25) is 0 Å². The number of hydrogen-bond acceptors (Lipinski definition) is 4. The first-order chi connectivity index (χ1) is 14.0. The fourth-order valence-corrected chi connectivity index (χ4v) is 3.23. The minimum absolute atomic E-state index is 0.188. The van der Waals surface area contributed by atoms with Crippen molar-refractivity contribution in [1.82, 2.24) is 9.88 Å².